The van der Waals surface area contributed by atoms with Gasteiger partial charge in [-0.1, -0.05) is 24.3 Å². The highest BCUT2D eigenvalue weighted by Crippen LogP contribution is 2.42. The Balaban J connectivity index is 1.71. The highest BCUT2D eigenvalue weighted by atomic mass is 19.1. The summed E-state index contributed by atoms with van der Waals surface area (Å²) in [6.07, 6.45) is 2.76. The summed E-state index contributed by atoms with van der Waals surface area (Å²) in [7, 11) is 0. The number of alkyl halides is 1. The fourth-order valence-electron chi connectivity index (χ4n) is 3.47. The molecular weight excluding hydrogens is 410 g/mol. The quantitative estimate of drug-likeness (QED) is 0.414. The zero-order valence-electron chi connectivity index (χ0n) is 16.4. The normalized spacial score (nSPS) is 14.2. The number of pyridine rings is 1. The minimum atomic E-state index is -2.15. The van der Waals surface area contributed by atoms with Crippen molar-refractivity contribution in [2.45, 2.75) is 25.1 Å². The topological polar surface area (TPSA) is 56.5 Å². The fraction of sp³-hybridized carbons (Fsp3) is 0.182. The van der Waals surface area contributed by atoms with Crippen molar-refractivity contribution < 1.29 is 17.6 Å². The lowest BCUT2D eigenvalue weighted by molar-refractivity contribution is 0.124. The van der Waals surface area contributed by atoms with Crippen molar-refractivity contribution in [3.63, 3.8) is 0 Å². The Morgan fingerprint density at radius 3 is 2.26 bits per heavy atom. The van der Waals surface area contributed by atoms with Crippen LogP contribution in [-0.4, -0.2) is 25.2 Å². The van der Waals surface area contributed by atoms with Gasteiger partial charge >= 0.3 is 0 Å². The molecule has 0 amide bonds. The Morgan fingerprint density at radius 2 is 1.65 bits per heavy atom. The molecule has 4 rings (SSSR count). The molecule has 31 heavy (non-hydrogen) atoms. The number of nitrogens with zero attached hydrogens (tertiary/aromatic N) is 5. The van der Waals surface area contributed by atoms with Gasteiger partial charge in [-0.15, -0.1) is 5.10 Å². The predicted molar refractivity (Wildman–Crippen MR) is 105 cm³/mol. The molecule has 2 atom stereocenters. The van der Waals surface area contributed by atoms with Gasteiger partial charge in [0.15, 0.2) is 5.67 Å². The maximum Gasteiger partial charge on any atom is 0.158 e. The van der Waals surface area contributed by atoms with Gasteiger partial charge in [-0.25, -0.2) is 22.2 Å². The van der Waals surface area contributed by atoms with E-state index in [2.05, 4.69) is 20.5 Å². The van der Waals surface area contributed by atoms with E-state index in [1.54, 1.807) is 18.2 Å². The van der Waals surface area contributed by atoms with Gasteiger partial charge < -0.3 is 0 Å². The second-order valence-electron chi connectivity index (χ2n) is 7.26. The molecule has 2 aromatic heterocycles. The van der Waals surface area contributed by atoms with Gasteiger partial charge in [-0.2, -0.15) is 0 Å². The summed E-state index contributed by atoms with van der Waals surface area (Å²) >= 11 is 0. The predicted octanol–water partition coefficient (Wildman–Crippen LogP) is 4.82. The van der Waals surface area contributed by atoms with E-state index in [-0.39, 0.29) is 23.6 Å². The van der Waals surface area contributed by atoms with Crippen LogP contribution >= 0.6 is 0 Å². The molecule has 9 heteroatoms. The van der Waals surface area contributed by atoms with Gasteiger partial charge in [0, 0.05) is 23.7 Å². The lowest BCUT2D eigenvalue weighted by Crippen LogP contribution is -2.31. The summed E-state index contributed by atoms with van der Waals surface area (Å²) in [5, 5.41) is 10.8. The van der Waals surface area contributed by atoms with Gasteiger partial charge in [-0.3, -0.25) is 4.98 Å². The molecule has 0 spiro atoms. The number of hydrogen-bond donors (Lipinski definition) is 0. The average molecular weight is 427 g/mol. The molecular formula is C22H17F4N5. The first kappa shape index (κ1) is 20.6. The van der Waals surface area contributed by atoms with Gasteiger partial charge in [0.25, 0.3) is 0 Å². The highest BCUT2D eigenvalue weighted by molar-refractivity contribution is 5.62. The molecule has 0 fully saturated rings. The molecule has 4 aromatic rings. The second-order valence-corrected chi connectivity index (χ2v) is 7.26. The van der Waals surface area contributed by atoms with Crippen LogP contribution in [0.3, 0.4) is 0 Å². The Labute approximate surface area is 175 Å². The number of rotatable bonds is 6. The van der Waals surface area contributed by atoms with E-state index in [0.29, 0.717) is 11.6 Å². The van der Waals surface area contributed by atoms with Gasteiger partial charge in [0.05, 0.1) is 12.2 Å². The standard InChI is InChI=1S/C22H17F4N5/c1-22(26,21-9-4-15(11-27-21)14-2-5-16(23)6-3-14)19(12-31-13-28-29-30-31)18-8-7-17(24)10-20(18)25/h2-11,13,19H,12H2,1H3/t19-,22?/m1/s1. The molecule has 1 unspecified atom stereocenters. The van der Waals surface area contributed by atoms with Crippen molar-refractivity contribution >= 4 is 0 Å². The van der Waals surface area contributed by atoms with Gasteiger partial charge in [0.2, 0.25) is 0 Å². The van der Waals surface area contributed by atoms with Crippen LogP contribution in [-0.2, 0) is 12.2 Å². The van der Waals surface area contributed by atoms with E-state index in [0.717, 1.165) is 11.6 Å². The van der Waals surface area contributed by atoms with E-state index < -0.39 is 23.2 Å². The van der Waals surface area contributed by atoms with Crippen molar-refractivity contribution in [2.75, 3.05) is 0 Å². The maximum absolute atomic E-state index is 16.2. The number of tetrazole rings is 1. The van der Waals surface area contributed by atoms with Crippen LogP contribution in [0.1, 0.15) is 24.1 Å². The van der Waals surface area contributed by atoms with Crippen LogP contribution in [0.15, 0.2) is 67.1 Å². The zero-order chi connectivity index (χ0) is 22.0. The molecule has 158 valence electrons. The SMILES string of the molecule is CC(F)(c1ccc(-c2ccc(F)cc2)cn1)[C@H](Cn1cnnn1)c1ccc(F)cc1F. The smallest absolute Gasteiger partial charge is 0.158 e. The van der Waals surface area contributed by atoms with E-state index in [1.165, 1.54) is 48.4 Å². The lowest BCUT2D eigenvalue weighted by atomic mass is 9.81. The summed E-state index contributed by atoms with van der Waals surface area (Å²) in [6.45, 7) is 1.19. The first-order chi connectivity index (χ1) is 14.8. The van der Waals surface area contributed by atoms with E-state index in [1.807, 2.05) is 0 Å². The second kappa shape index (κ2) is 8.25. The molecule has 0 aliphatic carbocycles. The molecule has 5 nitrogen and oxygen atoms in total. The third kappa shape index (κ3) is 4.30. The third-order valence-corrected chi connectivity index (χ3v) is 5.20. The molecule has 0 saturated carbocycles. The molecule has 2 aromatic carbocycles. The molecule has 0 aliphatic rings. The Hall–Kier alpha value is -3.62. The molecule has 0 saturated heterocycles. The Bertz CT molecular complexity index is 1160. The number of hydrogen-bond acceptors (Lipinski definition) is 4. The maximum atomic E-state index is 16.2. The first-order valence-electron chi connectivity index (χ1n) is 9.41. The Morgan fingerprint density at radius 1 is 0.935 bits per heavy atom. The number of aromatic nitrogens is 5. The van der Waals surface area contributed by atoms with Crippen molar-refractivity contribution in [1.29, 1.82) is 0 Å². The van der Waals surface area contributed by atoms with Gasteiger partial charge in [0.1, 0.15) is 23.8 Å². The van der Waals surface area contributed by atoms with Crippen molar-refractivity contribution in [2.24, 2.45) is 0 Å². The molecule has 0 N–H and O–H groups in total. The Kier molecular flexibility index (Phi) is 5.50. The zero-order valence-corrected chi connectivity index (χ0v) is 16.4. The van der Waals surface area contributed by atoms with Gasteiger partial charge in [-0.05, 0) is 52.7 Å². The van der Waals surface area contributed by atoms with Crippen LogP contribution in [0.4, 0.5) is 17.6 Å². The summed E-state index contributed by atoms with van der Waals surface area (Å²) < 4.78 is 58.6. The minimum absolute atomic E-state index is 0.0219. The summed E-state index contributed by atoms with van der Waals surface area (Å²) in [4.78, 5) is 4.25. The molecule has 0 bridgehead atoms. The van der Waals surface area contributed by atoms with Crippen LogP contribution in [0, 0.1) is 17.5 Å². The summed E-state index contributed by atoms with van der Waals surface area (Å²) in [5.74, 6) is -3.09. The largest absolute Gasteiger partial charge is 0.257 e. The summed E-state index contributed by atoms with van der Waals surface area (Å²) in [5.41, 5.74) is -0.724. The van der Waals surface area contributed by atoms with E-state index in [4.69, 9.17) is 0 Å². The molecule has 2 heterocycles. The minimum Gasteiger partial charge on any atom is -0.257 e. The average Bonchev–Trinajstić information content (AvgIpc) is 3.26. The van der Waals surface area contributed by atoms with E-state index in [9.17, 15) is 13.2 Å². The van der Waals surface area contributed by atoms with Crippen LogP contribution in [0.2, 0.25) is 0 Å². The number of benzene rings is 2. The first-order valence-corrected chi connectivity index (χ1v) is 9.41. The van der Waals surface area contributed by atoms with Crippen LogP contribution < -0.4 is 0 Å². The lowest BCUT2D eigenvalue weighted by Gasteiger charge is -2.30. The fourth-order valence-corrected chi connectivity index (χ4v) is 3.47. The summed E-state index contributed by atoms with van der Waals surface area (Å²) in [6, 6.07) is 12.0. The third-order valence-electron chi connectivity index (χ3n) is 5.20. The monoisotopic (exact) mass is 427 g/mol. The molecule has 0 radical (unpaired) electrons. The van der Waals surface area contributed by atoms with Crippen molar-refractivity contribution in [3.8, 4) is 11.1 Å². The van der Waals surface area contributed by atoms with Crippen LogP contribution in [0.5, 0.6) is 0 Å². The highest BCUT2D eigenvalue weighted by Gasteiger charge is 2.40. The number of halogens is 4. The molecule has 0 aliphatic heterocycles. The van der Waals surface area contributed by atoms with Crippen LogP contribution in [0.25, 0.3) is 11.1 Å². The van der Waals surface area contributed by atoms with Crippen molar-refractivity contribution in [3.05, 3.63) is 95.8 Å². The van der Waals surface area contributed by atoms with Crippen molar-refractivity contribution in [1.82, 2.24) is 25.2 Å². The van der Waals surface area contributed by atoms with E-state index >= 15 is 4.39 Å².